The predicted octanol–water partition coefficient (Wildman–Crippen LogP) is 0.494. The molecule has 1 aromatic rings. The number of carbonyl (C=O) groups excluding carboxylic acids is 2. The summed E-state index contributed by atoms with van der Waals surface area (Å²) in [5.74, 6) is -2.79. The first-order chi connectivity index (χ1) is 9.31. The molecule has 20 heavy (non-hydrogen) atoms. The first-order valence-corrected chi connectivity index (χ1v) is 5.99. The highest BCUT2D eigenvalue weighted by atomic mass is 35.5. The van der Waals surface area contributed by atoms with Gasteiger partial charge in [-0.2, -0.15) is 0 Å². The molecule has 7 nitrogen and oxygen atoms in total. The summed E-state index contributed by atoms with van der Waals surface area (Å²) in [5.41, 5.74) is 5.03. The maximum atomic E-state index is 11.8. The van der Waals surface area contributed by atoms with E-state index in [1.807, 2.05) is 0 Å². The van der Waals surface area contributed by atoms with E-state index in [-0.39, 0.29) is 29.2 Å². The van der Waals surface area contributed by atoms with Crippen molar-refractivity contribution < 1.29 is 24.6 Å². The zero-order valence-electron chi connectivity index (χ0n) is 10.3. The zero-order valence-corrected chi connectivity index (χ0v) is 11.1. The minimum Gasteiger partial charge on any atom is -0.506 e. The lowest BCUT2D eigenvalue weighted by Gasteiger charge is -2.13. The molecule has 1 rings (SSSR count). The average molecular weight is 301 g/mol. The van der Waals surface area contributed by atoms with Crippen LogP contribution < -0.4 is 11.1 Å². The number of nitrogens with one attached hydrogen (secondary N) is 1. The highest BCUT2D eigenvalue weighted by molar-refractivity contribution is 6.32. The zero-order chi connectivity index (χ0) is 15.3. The number of carbonyl (C=O) groups is 3. The van der Waals surface area contributed by atoms with Gasteiger partial charge in [0.05, 0.1) is 5.02 Å². The molecule has 2 amide bonds. The van der Waals surface area contributed by atoms with Crippen LogP contribution in [0.4, 0.5) is 0 Å². The maximum absolute atomic E-state index is 11.8. The van der Waals surface area contributed by atoms with Crippen molar-refractivity contribution in [3.63, 3.8) is 0 Å². The Balaban J connectivity index is 2.77. The summed E-state index contributed by atoms with van der Waals surface area (Å²) < 4.78 is 0. The Bertz CT molecular complexity index is 547. The van der Waals surface area contributed by atoms with Crippen LogP contribution in [0.15, 0.2) is 18.2 Å². The number of phenols is 1. The van der Waals surface area contributed by atoms with E-state index >= 15 is 0 Å². The monoisotopic (exact) mass is 300 g/mol. The van der Waals surface area contributed by atoms with E-state index < -0.39 is 23.8 Å². The number of rotatable bonds is 6. The molecule has 0 bridgehead atoms. The molecule has 0 aliphatic carbocycles. The first-order valence-electron chi connectivity index (χ1n) is 5.61. The first kappa shape index (κ1) is 15.8. The van der Waals surface area contributed by atoms with Gasteiger partial charge >= 0.3 is 5.97 Å². The van der Waals surface area contributed by atoms with Crippen molar-refractivity contribution in [3.05, 3.63) is 28.8 Å². The van der Waals surface area contributed by atoms with E-state index in [9.17, 15) is 19.5 Å². The van der Waals surface area contributed by atoms with Crippen LogP contribution in [-0.4, -0.2) is 34.0 Å². The summed E-state index contributed by atoms with van der Waals surface area (Å²) >= 11 is 5.65. The topological polar surface area (TPSA) is 130 Å². The largest absolute Gasteiger partial charge is 0.506 e. The second-order valence-corrected chi connectivity index (χ2v) is 4.44. The lowest BCUT2D eigenvalue weighted by atomic mass is 10.1. The molecule has 8 heteroatoms. The molecule has 0 heterocycles. The quantitative estimate of drug-likeness (QED) is 0.607. The van der Waals surface area contributed by atoms with Gasteiger partial charge in [-0.15, -0.1) is 0 Å². The molecule has 5 N–H and O–H groups in total. The smallest absolute Gasteiger partial charge is 0.326 e. The van der Waals surface area contributed by atoms with Crippen LogP contribution in [0, 0.1) is 0 Å². The Morgan fingerprint density at radius 3 is 2.50 bits per heavy atom. The number of carboxylic acid groups (broad SMARTS) is 1. The summed E-state index contributed by atoms with van der Waals surface area (Å²) in [6.07, 6.45) is -0.268. The number of carboxylic acids is 1. The number of hydrogen-bond acceptors (Lipinski definition) is 4. The Hall–Kier alpha value is -2.28. The number of benzene rings is 1. The molecule has 1 aromatic carbocycles. The summed E-state index contributed by atoms with van der Waals surface area (Å²) in [4.78, 5) is 33.4. The summed E-state index contributed by atoms with van der Waals surface area (Å²) in [7, 11) is 0. The molecule has 0 fully saturated rings. The SMILES string of the molecule is NC(=O)CC[C@@H](NC(=O)c1ccc(O)c(Cl)c1)C(=O)O. The summed E-state index contributed by atoms with van der Waals surface area (Å²) in [6, 6.07) is 2.49. The van der Waals surface area contributed by atoms with Gasteiger partial charge in [0.2, 0.25) is 5.91 Å². The second-order valence-electron chi connectivity index (χ2n) is 4.04. The Morgan fingerprint density at radius 2 is 2.00 bits per heavy atom. The van der Waals surface area contributed by atoms with Crippen LogP contribution in [0.1, 0.15) is 23.2 Å². The molecular weight excluding hydrogens is 288 g/mol. The highest BCUT2D eigenvalue weighted by Crippen LogP contribution is 2.23. The van der Waals surface area contributed by atoms with Gasteiger partial charge in [-0.1, -0.05) is 11.6 Å². The molecule has 0 saturated heterocycles. The van der Waals surface area contributed by atoms with Crippen LogP contribution in [-0.2, 0) is 9.59 Å². The van der Waals surface area contributed by atoms with Crippen LogP contribution in [0.25, 0.3) is 0 Å². The average Bonchev–Trinajstić information content (AvgIpc) is 2.36. The molecule has 1 atom stereocenters. The number of nitrogens with two attached hydrogens (primary N) is 1. The van der Waals surface area contributed by atoms with Gasteiger partial charge in [0, 0.05) is 12.0 Å². The Morgan fingerprint density at radius 1 is 1.35 bits per heavy atom. The fourth-order valence-electron chi connectivity index (χ4n) is 1.43. The fraction of sp³-hybridized carbons (Fsp3) is 0.250. The van der Waals surface area contributed by atoms with Crippen LogP contribution in [0.5, 0.6) is 5.75 Å². The van der Waals surface area contributed by atoms with Gasteiger partial charge < -0.3 is 21.3 Å². The van der Waals surface area contributed by atoms with E-state index in [0.29, 0.717) is 0 Å². The molecule has 0 aliphatic heterocycles. The van der Waals surface area contributed by atoms with Crippen molar-refractivity contribution in [1.29, 1.82) is 0 Å². The van der Waals surface area contributed by atoms with Crippen molar-refractivity contribution in [2.45, 2.75) is 18.9 Å². The van der Waals surface area contributed by atoms with Gasteiger partial charge in [-0.05, 0) is 24.6 Å². The van der Waals surface area contributed by atoms with Crippen molar-refractivity contribution in [3.8, 4) is 5.75 Å². The number of phenolic OH excluding ortho intramolecular Hbond substituents is 1. The molecule has 0 aromatic heterocycles. The molecular formula is C12H13ClN2O5. The summed E-state index contributed by atoms with van der Waals surface area (Å²) in [5, 5.41) is 20.4. The van der Waals surface area contributed by atoms with E-state index in [4.69, 9.17) is 22.4 Å². The molecule has 0 spiro atoms. The van der Waals surface area contributed by atoms with Crippen molar-refractivity contribution in [1.82, 2.24) is 5.32 Å². The number of halogens is 1. The Labute approximate surface area is 119 Å². The van der Waals surface area contributed by atoms with Crippen molar-refractivity contribution in [2.24, 2.45) is 5.73 Å². The third kappa shape index (κ3) is 4.43. The molecule has 0 saturated carbocycles. The van der Waals surface area contributed by atoms with Crippen LogP contribution in [0.3, 0.4) is 0 Å². The third-order valence-corrected chi connectivity index (χ3v) is 2.80. The maximum Gasteiger partial charge on any atom is 0.326 e. The highest BCUT2D eigenvalue weighted by Gasteiger charge is 2.21. The lowest BCUT2D eigenvalue weighted by Crippen LogP contribution is -2.41. The van der Waals surface area contributed by atoms with E-state index in [1.54, 1.807) is 0 Å². The van der Waals surface area contributed by atoms with Crippen molar-refractivity contribution in [2.75, 3.05) is 0 Å². The van der Waals surface area contributed by atoms with E-state index in [2.05, 4.69) is 5.32 Å². The lowest BCUT2D eigenvalue weighted by molar-refractivity contribution is -0.139. The number of hydrogen-bond donors (Lipinski definition) is 4. The van der Waals surface area contributed by atoms with Gasteiger partial charge in [-0.25, -0.2) is 4.79 Å². The minimum atomic E-state index is -1.27. The van der Waals surface area contributed by atoms with E-state index in [1.165, 1.54) is 18.2 Å². The number of amides is 2. The number of primary amides is 1. The normalized spacial score (nSPS) is 11.7. The van der Waals surface area contributed by atoms with Crippen LogP contribution >= 0.6 is 11.6 Å². The van der Waals surface area contributed by atoms with Gasteiger partial charge in [0.15, 0.2) is 0 Å². The van der Waals surface area contributed by atoms with Crippen LogP contribution in [0.2, 0.25) is 5.02 Å². The Kier molecular flexibility index (Phi) is 5.33. The molecule has 0 aliphatic rings. The number of aromatic hydroxyl groups is 1. The number of aliphatic carboxylic acids is 1. The minimum absolute atomic E-state index is 0.0262. The van der Waals surface area contributed by atoms with Gasteiger partial charge in [0.25, 0.3) is 5.91 Å². The van der Waals surface area contributed by atoms with Crippen molar-refractivity contribution >= 4 is 29.4 Å². The molecule has 0 radical (unpaired) electrons. The third-order valence-electron chi connectivity index (χ3n) is 2.49. The second kappa shape index (κ2) is 6.76. The fourth-order valence-corrected chi connectivity index (χ4v) is 1.61. The summed E-state index contributed by atoms with van der Waals surface area (Å²) in [6.45, 7) is 0. The van der Waals surface area contributed by atoms with Gasteiger partial charge in [0.1, 0.15) is 11.8 Å². The standard InChI is InChI=1S/C12H13ClN2O5/c13-7-5-6(1-3-9(7)16)11(18)15-8(12(19)20)2-4-10(14)17/h1,3,5,8,16H,2,4H2,(H2,14,17)(H,15,18)(H,19,20)/t8-/m1/s1. The van der Waals surface area contributed by atoms with E-state index in [0.717, 1.165) is 0 Å². The molecule has 108 valence electrons. The molecule has 0 unspecified atom stereocenters. The predicted molar refractivity (Wildman–Crippen MR) is 70.4 cm³/mol. The van der Waals surface area contributed by atoms with Gasteiger partial charge in [-0.3, -0.25) is 9.59 Å².